The quantitative estimate of drug-likeness (QED) is 0.374. The van der Waals surface area contributed by atoms with Crippen LogP contribution in [0.1, 0.15) is 12.8 Å². The van der Waals surface area contributed by atoms with Crippen molar-refractivity contribution in [2.75, 3.05) is 31.1 Å². The Bertz CT molecular complexity index is 750. The second-order valence-electron chi connectivity index (χ2n) is 6.05. The number of likely N-dealkylation sites (tertiary alicyclic amines) is 1. The van der Waals surface area contributed by atoms with Crippen LogP contribution in [0, 0.1) is 16.9 Å². The summed E-state index contributed by atoms with van der Waals surface area (Å²) < 4.78 is 11.2. The highest BCUT2D eigenvalue weighted by atomic mass is 16.5. The van der Waals surface area contributed by atoms with Gasteiger partial charge in [0.25, 0.3) is 0 Å². The third-order valence-corrected chi connectivity index (χ3v) is 4.23. The van der Waals surface area contributed by atoms with E-state index in [0.717, 1.165) is 30.3 Å². The van der Waals surface area contributed by atoms with E-state index in [1.807, 2.05) is 24.4 Å². The van der Waals surface area contributed by atoms with Crippen molar-refractivity contribution < 1.29 is 9.47 Å². The maximum absolute atomic E-state index is 9.38. The molecule has 0 amide bonds. The van der Waals surface area contributed by atoms with Crippen molar-refractivity contribution in [3.05, 3.63) is 54.6 Å². The average molecular weight is 350 g/mol. The lowest BCUT2D eigenvalue weighted by molar-refractivity contribution is 0.238. The van der Waals surface area contributed by atoms with Crippen molar-refractivity contribution in [3.8, 4) is 17.7 Å². The molecule has 6 nitrogen and oxygen atoms in total. The summed E-state index contributed by atoms with van der Waals surface area (Å²) in [5, 5.41) is 17.4. The molecule has 1 fully saturated rings. The number of hydrogen-bond acceptors (Lipinski definition) is 5. The van der Waals surface area contributed by atoms with Crippen LogP contribution in [0.3, 0.4) is 0 Å². The van der Waals surface area contributed by atoms with Gasteiger partial charge in [-0.15, -0.1) is 0 Å². The number of rotatable bonds is 6. The van der Waals surface area contributed by atoms with Crippen LogP contribution in [0.15, 0.2) is 54.6 Å². The van der Waals surface area contributed by atoms with Crippen LogP contribution in [-0.4, -0.2) is 37.2 Å². The summed E-state index contributed by atoms with van der Waals surface area (Å²) in [5.74, 6) is 1.26. The van der Waals surface area contributed by atoms with Crippen LogP contribution in [0.25, 0.3) is 0 Å². The van der Waals surface area contributed by atoms with Crippen LogP contribution in [0.5, 0.6) is 11.5 Å². The first-order chi connectivity index (χ1) is 12.8. The summed E-state index contributed by atoms with van der Waals surface area (Å²) in [6, 6.07) is 15.8. The molecule has 2 aromatic carbocycles. The Hall–Kier alpha value is -3.04. The first kappa shape index (κ1) is 17.8. The number of nitrogens with zero attached hydrogens (tertiary/aromatic N) is 3. The number of benzene rings is 2. The third kappa shape index (κ3) is 4.74. The Morgan fingerprint density at radius 3 is 2.38 bits per heavy atom. The summed E-state index contributed by atoms with van der Waals surface area (Å²) in [6.07, 6.45) is 4.52. The molecule has 0 aliphatic carbocycles. The second-order valence-corrected chi connectivity index (χ2v) is 6.05. The van der Waals surface area contributed by atoms with E-state index in [1.165, 1.54) is 12.8 Å². The molecule has 0 aromatic heterocycles. The largest absolute Gasteiger partial charge is 0.492 e. The highest BCUT2D eigenvalue weighted by Gasteiger charge is 2.15. The van der Waals surface area contributed by atoms with Gasteiger partial charge in [0.05, 0.1) is 5.69 Å². The third-order valence-electron chi connectivity index (χ3n) is 4.23. The minimum Gasteiger partial charge on any atom is -0.492 e. The van der Waals surface area contributed by atoms with Gasteiger partial charge in [-0.05, 0) is 62.3 Å². The molecule has 0 unspecified atom stereocenters. The Morgan fingerprint density at radius 1 is 1.04 bits per heavy atom. The molecule has 1 saturated heterocycles. The van der Waals surface area contributed by atoms with Gasteiger partial charge in [0.2, 0.25) is 0 Å². The summed E-state index contributed by atoms with van der Waals surface area (Å²) in [4.78, 5) is 3.52. The zero-order valence-electron chi connectivity index (χ0n) is 14.6. The van der Waals surface area contributed by atoms with Gasteiger partial charge in [0, 0.05) is 6.54 Å². The van der Waals surface area contributed by atoms with Gasteiger partial charge in [-0.1, -0.05) is 18.2 Å². The number of amidine groups is 1. The molecule has 1 aliphatic heterocycles. The van der Waals surface area contributed by atoms with Crippen molar-refractivity contribution in [1.82, 2.24) is 4.90 Å². The Kier molecular flexibility index (Phi) is 6.07. The van der Waals surface area contributed by atoms with Crippen LogP contribution in [0.2, 0.25) is 0 Å². The van der Waals surface area contributed by atoms with Crippen LogP contribution in [-0.2, 0) is 0 Å². The first-order valence-corrected chi connectivity index (χ1v) is 8.73. The van der Waals surface area contributed by atoms with E-state index >= 15 is 0 Å². The van der Waals surface area contributed by atoms with Crippen molar-refractivity contribution >= 4 is 11.7 Å². The van der Waals surface area contributed by atoms with Crippen LogP contribution < -0.4 is 14.4 Å². The minimum absolute atomic E-state index is 0.249. The molecule has 0 spiro atoms. The van der Waals surface area contributed by atoms with E-state index in [1.54, 1.807) is 36.4 Å². The summed E-state index contributed by atoms with van der Waals surface area (Å²) in [5.41, 5.74) is 0.556. The van der Waals surface area contributed by atoms with Gasteiger partial charge < -0.3 is 9.47 Å². The van der Waals surface area contributed by atoms with Gasteiger partial charge in [-0.2, -0.15) is 10.2 Å². The van der Waals surface area contributed by atoms with Gasteiger partial charge in [0.15, 0.2) is 6.19 Å². The lowest BCUT2D eigenvalue weighted by Crippen LogP contribution is -2.29. The van der Waals surface area contributed by atoms with Gasteiger partial charge in [-0.25, -0.2) is 5.41 Å². The predicted molar refractivity (Wildman–Crippen MR) is 100 cm³/mol. The summed E-state index contributed by atoms with van der Waals surface area (Å²) in [6.45, 7) is 3.89. The SMILES string of the molecule is N#CN(C(=N)Oc1ccccc1)c1ccc(OCCN2CCCC2)cc1. The normalized spacial score (nSPS) is 13.8. The summed E-state index contributed by atoms with van der Waals surface area (Å²) >= 11 is 0. The highest BCUT2D eigenvalue weighted by molar-refractivity contribution is 5.93. The zero-order chi connectivity index (χ0) is 18.2. The second kappa shape index (κ2) is 8.88. The lowest BCUT2D eigenvalue weighted by Gasteiger charge is -2.17. The lowest BCUT2D eigenvalue weighted by atomic mass is 10.3. The standard InChI is InChI=1S/C20H22N4O2/c21-16-24(20(22)26-19-6-2-1-3-7-19)17-8-10-18(11-9-17)25-15-14-23-12-4-5-13-23/h1-3,6-11,22H,4-5,12-15H2. The minimum atomic E-state index is -0.249. The van der Waals surface area contributed by atoms with Gasteiger partial charge in [0.1, 0.15) is 18.1 Å². The topological polar surface area (TPSA) is 72.6 Å². The molecule has 1 heterocycles. The predicted octanol–water partition coefficient (Wildman–Crippen LogP) is 3.46. The molecule has 0 saturated carbocycles. The molecule has 0 bridgehead atoms. The molecular weight excluding hydrogens is 328 g/mol. The number of para-hydroxylation sites is 1. The Labute approximate surface area is 153 Å². The fourth-order valence-corrected chi connectivity index (χ4v) is 2.86. The number of hydrogen-bond donors (Lipinski definition) is 1. The van der Waals surface area contributed by atoms with Crippen molar-refractivity contribution in [3.63, 3.8) is 0 Å². The maximum Gasteiger partial charge on any atom is 0.308 e. The Balaban J connectivity index is 1.55. The van der Waals surface area contributed by atoms with Crippen LogP contribution in [0.4, 0.5) is 5.69 Å². The molecule has 26 heavy (non-hydrogen) atoms. The number of anilines is 1. The monoisotopic (exact) mass is 350 g/mol. The Morgan fingerprint density at radius 2 is 1.73 bits per heavy atom. The molecular formula is C20H22N4O2. The molecule has 1 aliphatic rings. The van der Waals surface area contributed by atoms with Crippen molar-refractivity contribution in [1.29, 1.82) is 10.7 Å². The zero-order valence-corrected chi connectivity index (χ0v) is 14.6. The van der Waals surface area contributed by atoms with E-state index < -0.39 is 0 Å². The molecule has 3 rings (SSSR count). The number of ether oxygens (including phenoxy) is 2. The molecule has 2 aromatic rings. The number of nitriles is 1. The molecule has 6 heteroatoms. The fourth-order valence-electron chi connectivity index (χ4n) is 2.86. The first-order valence-electron chi connectivity index (χ1n) is 8.73. The summed E-state index contributed by atoms with van der Waals surface area (Å²) in [7, 11) is 0. The average Bonchev–Trinajstić information content (AvgIpc) is 3.18. The van der Waals surface area contributed by atoms with E-state index in [4.69, 9.17) is 14.9 Å². The van der Waals surface area contributed by atoms with Gasteiger partial charge >= 0.3 is 6.02 Å². The molecule has 1 N–H and O–H groups in total. The maximum atomic E-state index is 9.38. The molecule has 134 valence electrons. The van der Waals surface area contributed by atoms with E-state index in [9.17, 15) is 5.26 Å². The smallest absolute Gasteiger partial charge is 0.308 e. The molecule has 0 radical (unpaired) electrons. The number of nitrogens with one attached hydrogen (secondary N) is 1. The van der Waals surface area contributed by atoms with E-state index in [2.05, 4.69) is 4.90 Å². The van der Waals surface area contributed by atoms with Crippen molar-refractivity contribution in [2.24, 2.45) is 0 Å². The van der Waals surface area contributed by atoms with Gasteiger partial charge in [-0.3, -0.25) is 4.90 Å². The molecule has 0 atom stereocenters. The highest BCUT2D eigenvalue weighted by Crippen LogP contribution is 2.20. The van der Waals surface area contributed by atoms with Crippen molar-refractivity contribution in [2.45, 2.75) is 12.8 Å². The fraction of sp³-hybridized carbons (Fsp3) is 0.300. The van der Waals surface area contributed by atoms with E-state index in [-0.39, 0.29) is 6.02 Å². The van der Waals surface area contributed by atoms with Crippen LogP contribution >= 0.6 is 0 Å². The van der Waals surface area contributed by atoms with E-state index in [0.29, 0.717) is 18.0 Å².